The minimum Gasteiger partial charge on any atom is -0.493 e. The number of rotatable bonds is 7. The summed E-state index contributed by atoms with van der Waals surface area (Å²) in [5, 5.41) is 9.56. The lowest BCUT2D eigenvalue weighted by Crippen LogP contribution is -2.46. The van der Waals surface area contributed by atoms with Gasteiger partial charge in [-0.05, 0) is 88.5 Å². The van der Waals surface area contributed by atoms with Gasteiger partial charge < -0.3 is 19.5 Å². The number of amides is 1. The molecule has 162 valence electrons. The summed E-state index contributed by atoms with van der Waals surface area (Å²) in [6.45, 7) is 5.95. The van der Waals surface area contributed by atoms with Gasteiger partial charge in [0.05, 0.1) is 20.0 Å². The van der Waals surface area contributed by atoms with E-state index in [2.05, 4.69) is 54.5 Å². The van der Waals surface area contributed by atoms with Crippen LogP contribution in [0.2, 0.25) is 0 Å². The van der Waals surface area contributed by atoms with Gasteiger partial charge in [-0.15, -0.1) is 0 Å². The van der Waals surface area contributed by atoms with Gasteiger partial charge in [0.25, 0.3) is 0 Å². The monoisotopic (exact) mass is 653 g/mol. The highest BCUT2D eigenvalue weighted by Crippen LogP contribution is 2.43. The molecule has 0 fully saturated rings. The molecular weight excluding hydrogens is 633 g/mol. The average molecular weight is 655 g/mol. The fourth-order valence-corrected chi connectivity index (χ4v) is 4.86. The van der Waals surface area contributed by atoms with E-state index >= 15 is 0 Å². The first kappa shape index (κ1) is 24.9. The van der Waals surface area contributed by atoms with E-state index in [1.807, 2.05) is 32.9 Å². The number of nitrogens with zero attached hydrogens (tertiary/aromatic N) is 1. The van der Waals surface area contributed by atoms with Gasteiger partial charge in [-0.1, -0.05) is 22.6 Å². The molecule has 0 heterocycles. The second-order valence-electron chi connectivity index (χ2n) is 7.48. The largest absolute Gasteiger partial charge is 0.493 e. The molecule has 0 spiro atoms. The molecule has 0 saturated heterocycles. The molecular formula is C21H22Br2INO5. The fourth-order valence-electron chi connectivity index (χ4n) is 2.72. The number of benzene rings is 2. The van der Waals surface area contributed by atoms with Crippen molar-refractivity contribution in [2.45, 2.75) is 30.2 Å². The molecule has 30 heavy (non-hydrogen) atoms. The third kappa shape index (κ3) is 6.10. The van der Waals surface area contributed by atoms with Gasteiger partial charge in [-0.3, -0.25) is 4.79 Å². The van der Waals surface area contributed by atoms with Crippen LogP contribution in [0, 0.1) is 0 Å². The Morgan fingerprint density at radius 3 is 2.27 bits per heavy atom. The number of carbonyl (C=O) groups is 2. The highest BCUT2D eigenvalue weighted by Gasteiger charge is 2.29. The van der Waals surface area contributed by atoms with Crippen LogP contribution in [0.5, 0.6) is 17.2 Å². The summed E-state index contributed by atoms with van der Waals surface area (Å²) in [4.78, 5) is 24.2. The van der Waals surface area contributed by atoms with Crippen molar-refractivity contribution < 1.29 is 24.2 Å². The highest BCUT2D eigenvalue weighted by molar-refractivity contribution is 14.1. The minimum atomic E-state index is -0.954. The van der Waals surface area contributed by atoms with Crippen LogP contribution < -0.4 is 9.47 Å². The maximum Gasteiger partial charge on any atom is 0.407 e. The number of methoxy groups -OCH3 is 1. The smallest absolute Gasteiger partial charge is 0.407 e. The fraction of sp³-hybridized carbons (Fsp3) is 0.333. The van der Waals surface area contributed by atoms with E-state index in [0.29, 0.717) is 38.3 Å². The van der Waals surface area contributed by atoms with Crippen LogP contribution in [0.3, 0.4) is 0 Å². The number of hydrogen-bond donors (Lipinski definition) is 1. The molecule has 1 N–H and O–H groups in total. The van der Waals surface area contributed by atoms with E-state index in [4.69, 9.17) is 9.47 Å². The van der Waals surface area contributed by atoms with E-state index in [1.165, 1.54) is 12.0 Å². The Morgan fingerprint density at radius 1 is 1.20 bits per heavy atom. The number of ether oxygens (including phenoxy) is 2. The summed E-state index contributed by atoms with van der Waals surface area (Å²) in [5.41, 5.74) is 0.899. The van der Waals surface area contributed by atoms with Gasteiger partial charge in [-0.2, -0.15) is 0 Å². The number of alkyl halides is 1. The Morgan fingerprint density at radius 2 is 1.80 bits per heavy atom. The van der Waals surface area contributed by atoms with Crippen molar-refractivity contribution in [2.75, 3.05) is 13.7 Å². The summed E-state index contributed by atoms with van der Waals surface area (Å²) in [5.74, 6) is 1.43. The van der Waals surface area contributed by atoms with Gasteiger partial charge in [0.15, 0.2) is 17.2 Å². The molecule has 2 aromatic rings. The molecule has 0 aromatic heterocycles. The van der Waals surface area contributed by atoms with Crippen molar-refractivity contribution in [1.29, 1.82) is 0 Å². The third-order valence-electron chi connectivity index (χ3n) is 4.30. The van der Waals surface area contributed by atoms with E-state index < -0.39 is 11.6 Å². The summed E-state index contributed by atoms with van der Waals surface area (Å²) >= 11 is 9.32. The minimum absolute atomic E-state index is 0.0764. The SMILES string of the molecule is COc1ccc(C=O)cc1Oc1c(Br)cc([C@@H](I)CN(C(=O)O)C(C)(C)C)cc1Br. The number of halogens is 3. The van der Waals surface area contributed by atoms with Gasteiger partial charge in [0.1, 0.15) is 6.29 Å². The van der Waals surface area contributed by atoms with E-state index in [1.54, 1.807) is 18.2 Å². The molecule has 2 rings (SSSR count). The van der Waals surface area contributed by atoms with Crippen molar-refractivity contribution in [2.24, 2.45) is 0 Å². The zero-order chi connectivity index (χ0) is 22.6. The van der Waals surface area contributed by atoms with E-state index in [9.17, 15) is 14.7 Å². The molecule has 0 bridgehead atoms. The standard InChI is InChI=1S/C21H22Br2INO5/c1-21(2,3)25(20(27)28)10-16(24)13-8-14(22)19(15(23)9-13)30-18-7-12(11-26)5-6-17(18)29-4/h5-9,11,16H,10H2,1-4H3,(H,27,28)/t16-/m0/s1. The topological polar surface area (TPSA) is 76.1 Å². The van der Waals surface area contributed by atoms with Gasteiger partial charge in [0.2, 0.25) is 0 Å². The molecule has 2 aromatic carbocycles. The lowest BCUT2D eigenvalue weighted by atomic mass is 10.0. The van der Waals surface area contributed by atoms with Gasteiger partial charge in [0, 0.05) is 17.6 Å². The number of carbonyl (C=O) groups excluding carboxylic acids is 1. The number of carboxylic acid groups (broad SMARTS) is 1. The van der Waals surface area contributed by atoms with Crippen LogP contribution in [0.15, 0.2) is 39.3 Å². The first-order valence-corrected chi connectivity index (χ1v) is 11.8. The van der Waals surface area contributed by atoms with Crippen molar-refractivity contribution in [3.8, 4) is 17.2 Å². The summed E-state index contributed by atoms with van der Waals surface area (Å²) in [7, 11) is 1.53. The first-order valence-electron chi connectivity index (χ1n) is 8.92. The van der Waals surface area contributed by atoms with Crippen molar-refractivity contribution in [3.05, 3.63) is 50.4 Å². The zero-order valence-corrected chi connectivity index (χ0v) is 22.2. The van der Waals surface area contributed by atoms with Crippen LogP contribution in [0.25, 0.3) is 0 Å². The molecule has 1 atom stereocenters. The van der Waals surface area contributed by atoms with E-state index in [-0.39, 0.29) is 3.92 Å². The molecule has 0 unspecified atom stereocenters. The molecule has 0 aliphatic heterocycles. The van der Waals surface area contributed by atoms with Crippen molar-refractivity contribution in [3.63, 3.8) is 0 Å². The van der Waals surface area contributed by atoms with Gasteiger partial charge in [-0.25, -0.2) is 4.79 Å². The van der Waals surface area contributed by atoms with E-state index in [0.717, 1.165) is 11.8 Å². The Kier molecular flexibility index (Phi) is 8.58. The lowest BCUT2D eigenvalue weighted by molar-refractivity contribution is 0.101. The van der Waals surface area contributed by atoms with Gasteiger partial charge >= 0.3 is 6.09 Å². The van der Waals surface area contributed by atoms with Crippen molar-refractivity contribution in [1.82, 2.24) is 4.90 Å². The van der Waals surface area contributed by atoms with Crippen LogP contribution in [0.4, 0.5) is 4.79 Å². The molecule has 0 aliphatic rings. The predicted molar refractivity (Wildman–Crippen MR) is 132 cm³/mol. The maximum atomic E-state index is 11.7. The van der Waals surface area contributed by atoms with Crippen LogP contribution in [0.1, 0.15) is 40.6 Å². The second-order valence-corrected chi connectivity index (χ2v) is 10.7. The quantitative estimate of drug-likeness (QED) is 0.196. The number of aldehydes is 1. The first-order chi connectivity index (χ1) is 14.0. The van der Waals surface area contributed by atoms with Crippen LogP contribution in [-0.4, -0.2) is 41.6 Å². The summed E-state index contributed by atoms with van der Waals surface area (Å²) in [6.07, 6.45) is -0.215. The predicted octanol–water partition coefficient (Wildman–Crippen LogP) is 7.08. The zero-order valence-electron chi connectivity index (χ0n) is 16.9. The normalized spacial score (nSPS) is 12.2. The Balaban J connectivity index is 2.34. The van der Waals surface area contributed by atoms with Crippen LogP contribution in [-0.2, 0) is 0 Å². The van der Waals surface area contributed by atoms with Crippen molar-refractivity contribution >= 4 is 66.8 Å². The Labute approximate surface area is 206 Å². The number of hydrogen-bond acceptors (Lipinski definition) is 4. The highest BCUT2D eigenvalue weighted by atomic mass is 127. The molecule has 1 amide bonds. The van der Waals surface area contributed by atoms with Crippen LogP contribution >= 0.6 is 54.5 Å². The second kappa shape index (κ2) is 10.3. The average Bonchev–Trinajstić information content (AvgIpc) is 2.67. The lowest BCUT2D eigenvalue weighted by Gasteiger charge is -2.34. The maximum absolute atomic E-state index is 11.7. The Bertz CT molecular complexity index is 922. The summed E-state index contributed by atoms with van der Waals surface area (Å²) in [6, 6.07) is 8.72. The molecule has 6 nitrogen and oxygen atoms in total. The molecule has 9 heteroatoms. The third-order valence-corrected chi connectivity index (χ3v) is 6.59. The summed E-state index contributed by atoms with van der Waals surface area (Å²) < 4.78 is 12.6. The molecule has 0 saturated carbocycles. The molecule has 0 radical (unpaired) electrons. The molecule has 0 aliphatic carbocycles. The Hall–Kier alpha value is -1.33.